The van der Waals surface area contributed by atoms with Crippen molar-refractivity contribution in [3.05, 3.63) is 89.0 Å². The highest BCUT2D eigenvalue weighted by atomic mass is 19.3. The van der Waals surface area contributed by atoms with E-state index in [9.17, 15) is 17.6 Å². The van der Waals surface area contributed by atoms with Gasteiger partial charge in [-0.15, -0.1) is 0 Å². The minimum Gasteiger partial charge on any atom is -0.454 e. The van der Waals surface area contributed by atoms with Gasteiger partial charge in [-0.25, -0.2) is 8.78 Å². The van der Waals surface area contributed by atoms with E-state index in [-0.39, 0.29) is 11.5 Å². The Bertz CT molecular complexity index is 999. The molecule has 164 valence electrons. The molecule has 0 bridgehead atoms. The molecule has 3 aromatic rings. The van der Waals surface area contributed by atoms with Crippen LogP contribution in [0.15, 0.2) is 60.7 Å². The van der Waals surface area contributed by atoms with Crippen molar-refractivity contribution in [1.82, 2.24) is 0 Å². The molecule has 0 radical (unpaired) electrons. The van der Waals surface area contributed by atoms with Crippen molar-refractivity contribution in [1.29, 1.82) is 0 Å². The zero-order chi connectivity index (χ0) is 22.4. The molecule has 3 rings (SSSR count). The first-order chi connectivity index (χ1) is 14.8. The molecule has 0 aromatic heterocycles. The van der Waals surface area contributed by atoms with E-state index in [2.05, 4.69) is 11.7 Å². The van der Waals surface area contributed by atoms with Crippen LogP contribution in [0.5, 0.6) is 17.2 Å². The van der Waals surface area contributed by atoms with Crippen LogP contribution < -0.4 is 9.47 Å². The fraction of sp³-hybridized carbons (Fsp3) is 0.280. The van der Waals surface area contributed by atoms with Crippen molar-refractivity contribution in [2.45, 2.75) is 45.6 Å². The summed E-state index contributed by atoms with van der Waals surface area (Å²) in [5.41, 5.74) is 0.433. The Hall–Kier alpha value is -3.02. The van der Waals surface area contributed by atoms with Crippen LogP contribution in [-0.4, -0.2) is 0 Å². The third-order valence-corrected chi connectivity index (χ3v) is 4.83. The van der Waals surface area contributed by atoms with Gasteiger partial charge in [0.1, 0.15) is 22.9 Å². The lowest BCUT2D eigenvalue weighted by Gasteiger charge is -2.20. The standard InChI is InChI=1S/C25H24F4O2/c1-3-4-5-6-18-9-13-20(14-10-18)31-25(28,29)23-21(26)15-16-22(24(23)27)30-19-11-7-17(2)8-12-19/h7-16H,3-6H2,1-2H3. The van der Waals surface area contributed by atoms with Gasteiger partial charge in [-0.05, 0) is 61.7 Å². The van der Waals surface area contributed by atoms with Gasteiger partial charge in [-0.1, -0.05) is 49.6 Å². The molecule has 0 atom stereocenters. The van der Waals surface area contributed by atoms with Crippen LogP contribution in [0.2, 0.25) is 0 Å². The molecule has 0 aliphatic heterocycles. The molecule has 31 heavy (non-hydrogen) atoms. The van der Waals surface area contributed by atoms with Crippen molar-refractivity contribution in [3.8, 4) is 17.2 Å². The minimum atomic E-state index is -4.23. The Morgan fingerprint density at radius 2 is 1.45 bits per heavy atom. The molecule has 0 heterocycles. The van der Waals surface area contributed by atoms with Gasteiger partial charge in [0.25, 0.3) is 0 Å². The number of rotatable bonds is 9. The van der Waals surface area contributed by atoms with Crippen LogP contribution >= 0.6 is 0 Å². The van der Waals surface area contributed by atoms with Crippen LogP contribution in [0.1, 0.15) is 42.9 Å². The number of alkyl halides is 2. The third kappa shape index (κ3) is 5.78. The van der Waals surface area contributed by atoms with E-state index in [4.69, 9.17) is 4.74 Å². The fourth-order valence-corrected chi connectivity index (χ4v) is 3.11. The lowest BCUT2D eigenvalue weighted by Crippen LogP contribution is -2.25. The Labute approximate surface area is 179 Å². The lowest BCUT2D eigenvalue weighted by molar-refractivity contribution is -0.189. The van der Waals surface area contributed by atoms with Gasteiger partial charge in [-0.3, -0.25) is 0 Å². The maximum Gasteiger partial charge on any atom is 0.432 e. The van der Waals surface area contributed by atoms with Crippen LogP contribution in [0.4, 0.5) is 17.6 Å². The molecule has 0 amide bonds. The predicted molar refractivity (Wildman–Crippen MR) is 112 cm³/mol. The monoisotopic (exact) mass is 432 g/mol. The van der Waals surface area contributed by atoms with Gasteiger partial charge < -0.3 is 9.47 Å². The highest BCUT2D eigenvalue weighted by molar-refractivity contribution is 5.39. The number of hydrogen-bond donors (Lipinski definition) is 0. The summed E-state index contributed by atoms with van der Waals surface area (Å²) in [6, 6.07) is 14.4. The van der Waals surface area contributed by atoms with Crippen molar-refractivity contribution in [3.63, 3.8) is 0 Å². The molecule has 0 aliphatic carbocycles. The highest BCUT2D eigenvalue weighted by Crippen LogP contribution is 2.39. The smallest absolute Gasteiger partial charge is 0.432 e. The number of benzene rings is 3. The van der Waals surface area contributed by atoms with Crippen molar-refractivity contribution in [2.24, 2.45) is 0 Å². The van der Waals surface area contributed by atoms with E-state index < -0.39 is 29.1 Å². The number of ether oxygens (including phenoxy) is 2. The van der Waals surface area contributed by atoms with Crippen LogP contribution in [0, 0.1) is 18.6 Å². The zero-order valence-electron chi connectivity index (χ0n) is 17.4. The van der Waals surface area contributed by atoms with Crippen LogP contribution in [0.3, 0.4) is 0 Å². The summed E-state index contributed by atoms with van der Waals surface area (Å²) in [7, 11) is 0. The average Bonchev–Trinajstić information content (AvgIpc) is 2.73. The average molecular weight is 432 g/mol. The fourth-order valence-electron chi connectivity index (χ4n) is 3.11. The zero-order valence-corrected chi connectivity index (χ0v) is 17.4. The molecule has 0 aliphatic rings. The van der Waals surface area contributed by atoms with Crippen LogP contribution in [0.25, 0.3) is 0 Å². The maximum atomic E-state index is 14.8. The van der Waals surface area contributed by atoms with E-state index in [0.717, 1.165) is 48.9 Å². The van der Waals surface area contributed by atoms with Gasteiger partial charge in [0.2, 0.25) is 0 Å². The molecule has 0 saturated heterocycles. The van der Waals surface area contributed by atoms with E-state index in [1.807, 2.05) is 6.92 Å². The largest absolute Gasteiger partial charge is 0.454 e. The van der Waals surface area contributed by atoms with Gasteiger partial charge in [0.05, 0.1) is 0 Å². The summed E-state index contributed by atoms with van der Waals surface area (Å²) in [6.07, 6.45) is -0.249. The summed E-state index contributed by atoms with van der Waals surface area (Å²) in [5.74, 6) is -3.40. The molecule has 2 nitrogen and oxygen atoms in total. The van der Waals surface area contributed by atoms with Crippen molar-refractivity contribution >= 4 is 0 Å². The second kappa shape index (κ2) is 9.86. The second-order valence-corrected chi connectivity index (χ2v) is 7.37. The quantitative estimate of drug-likeness (QED) is 0.252. The van der Waals surface area contributed by atoms with Crippen molar-refractivity contribution in [2.75, 3.05) is 0 Å². The Balaban J connectivity index is 1.80. The topological polar surface area (TPSA) is 18.5 Å². The molecule has 6 heteroatoms. The summed E-state index contributed by atoms with van der Waals surface area (Å²) >= 11 is 0. The Kier molecular flexibility index (Phi) is 7.21. The molecule has 0 spiro atoms. The summed E-state index contributed by atoms with van der Waals surface area (Å²) in [4.78, 5) is 0. The Morgan fingerprint density at radius 3 is 2.10 bits per heavy atom. The molecule has 3 aromatic carbocycles. The minimum absolute atomic E-state index is 0.187. The number of aryl methyl sites for hydroxylation is 2. The first-order valence-corrected chi connectivity index (χ1v) is 10.2. The van der Waals surface area contributed by atoms with Crippen LogP contribution in [-0.2, 0) is 12.5 Å². The third-order valence-electron chi connectivity index (χ3n) is 4.83. The Morgan fingerprint density at radius 1 is 0.806 bits per heavy atom. The van der Waals surface area contributed by atoms with Gasteiger partial charge >= 0.3 is 6.11 Å². The first-order valence-electron chi connectivity index (χ1n) is 10.2. The van der Waals surface area contributed by atoms with Crippen molar-refractivity contribution < 1.29 is 27.0 Å². The molecule has 0 unspecified atom stereocenters. The molecular formula is C25H24F4O2. The molecule has 0 N–H and O–H groups in total. The number of unbranched alkanes of at least 4 members (excludes halogenated alkanes) is 2. The highest BCUT2D eigenvalue weighted by Gasteiger charge is 2.42. The summed E-state index contributed by atoms with van der Waals surface area (Å²) in [6.45, 7) is 3.95. The van der Waals surface area contributed by atoms with E-state index in [0.29, 0.717) is 0 Å². The predicted octanol–water partition coefficient (Wildman–Crippen LogP) is 7.93. The molecular weight excluding hydrogens is 408 g/mol. The molecule has 0 saturated carbocycles. The van der Waals surface area contributed by atoms with Gasteiger partial charge in [0.15, 0.2) is 11.6 Å². The van der Waals surface area contributed by atoms with E-state index >= 15 is 0 Å². The van der Waals surface area contributed by atoms with Gasteiger partial charge in [-0.2, -0.15) is 8.78 Å². The normalized spacial score (nSPS) is 11.4. The van der Waals surface area contributed by atoms with E-state index in [1.54, 1.807) is 36.4 Å². The second-order valence-electron chi connectivity index (χ2n) is 7.37. The maximum absolute atomic E-state index is 14.8. The SMILES string of the molecule is CCCCCc1ccc(OC(F)(F)c2c(F)ccc(Oc3ccc(C)cc3)c2F)cc1. The molecule has 0 fully saturated rings. The number of halogens is 4. The van der Waals surface area contributed by atoms with E-state index in [1.165, 1.54) is 12.1 Å². The first kappa shape index (κ1) is 22.7. The summed E-state index contributed by atoms with van der Waals surface area (Å²) in [5, 5.41) is 0. The summed E-state index contributed by atoms with van der Waals surface area (Å²) < 4.78 is 68.5. The lowest BCUT2D eigenvalue weighted by atomic mass is 10.1. The number of hydrogen-bond acceptors (Lipinski definition) is 2. The van der Waals surface area contributed by atoms with Gasteiger partial charge in [0, 0.05) is 0 Å².